The van der Waals surface area contributed by atoms with Gasteiger partial charge in [-0.05, 0) is 66.8 Å². The molecular formula is C19H22N2O3S. The summed E-state index contributed by atoms with van der Waals surface area (Å²) in [6, 6.07) is 13.0. The van der Waals surface area contributed by atoms with E-state index in [0.717, 1.165) is 56.8 Å². The molecule has 1 N–H and O–H groups in total. The van der Waals surface area contributed by atoms with Crippen molar-refractivity contribution in [3.8, 4) is 0 Å². The van der Waals surface area contributed by atoms with Gasteiger partial charge in [0.25, 0.3) is 10.0 Å². The Kier molecular flexibility index (Phi) is 4.39. The molecule has 0 bridgehead atoms. The highest BCUT2D eigenvalue weighted by atomic mass is 32.2. The maximum absolute atomic E-state index is 12.6. The van der Waals surface area contributed by atoms with E-state index in [1.165, 1.54) is 5.56 Å². The molecule has 132 valence electrons. The summed E-state index contributed by atoms with van der Waals surface area (Å²) < 4.78 is 33.3. The third-order valence-electron chi connectivity index (χ3n) is 4.88. The van der Waals surface area contributed by atoms with Gasteiger partial charge in [-0.2, -0.15) is 0 Å². The number of hydrogen-bond donors (Lipinski definition) is 1. The number of ether oxygens (including phenoxy) is 1. The van der Waals surface area contributed by atoms with E-state index in [9.17, 15) is 8.42 Å². The smallest absolute Gasteiger partial charge is 0.261 e. The minimum atomic E-state index is -3.56. The molecule has 1 aliphatic heterocycles. The van der Waals surface area contributed by atoms with E-state index in [1.807, 2.05) is 36.4 Å². The standard InChI is InChI=1S/C19H22N2O3S/c22-25(23,19-9-4-15-2-1-3-16(15)14-19)20-17-5-7-18(8-6-17)21-10-12-24-13-11-21/h4-9,14,20H,1-3,10-13H2. The number of anilines is 2. The van der Waals surface area contributed by atoms with Gasteiger partial charge in [-0.25, -0.2) is 8.42 Å². The van der Waals surface area contributed by atoms with Crippen molar-refractivity contribution < 1.29 is 13.2 Å². The number of nitrogens with one attached hydrogen (secondary N) is 1. The van der Waals surface area contributed by atoms with E-state index in [2.05, 4.69) is 9.62 Å². The quantitative estimate of drug-likeness (QED) is 0.913. The van der Waals surface area contributed by atoms with Crippen LogP contribution in [0.5, 0.6) is 0 Å². The topological polar surface area (TPSA) is 58.6 Å². The lowest BCUT2D eigenvalue weighted by molar-refractivity contribution is 0.122. The number of nitrogens with zero attached hydrogens (tertiary/aromatic N) is 1. The molecule has 0 radical (unpaired) electrons. The number of morpholine rings is 1. The number of fused-ring (bicyclic) bond motifs is 1. The van der Waals surface area contributed by atoms with Crippen molar-refractivity contribution in [3.05, 3.63) is 53.6 Å². The zero-order valence-electron chi connectivity index (χ0n) is 14.1. The van der Waals surface area contributed by atoms with Gasteiger partial charge in [-0.1, -0.05) is 6.07 Å². The molecule has 1 aliphatic carbocycles. The van der Waals surface area contributed by atoms with Gasteiger partial charge in [0.05, 0.1) is 18.1 Å². The Bertz CT molecular complexity index is 857. The summed E-state index contributed by atoms with van der Waals surface area (Å²) in [5, 5.41) is 0. The number of aryl methyl sites for hydroxylation is 2. The van der Waals surface area contributed by atoms with Crippen molar-refractivity contribution in [1.82, 2.24) is 0 Å². The number of benzene rings is 2. The largest absolute Gasteiger partial charge is 0.378 e. The van der Waals surface area contributed by atoms with E-state index in [1.54, 1.807) is 6.07 Å². The fraction of sp³-hybridized carbons (Fsp3) is 0.368. The monoisotopic (exact) mass is 358 g/mol. The van der Waals surface area contributed by atoms with Crippen molar-refractivity contribution in [3.63, 3.8) is 0 Å². The maximum atomic E-state index is 12.6. The zero-order chi connectivity index (χ0) is 17.3. The van der Waals surface area contributed by atoms with Crippen LogP contribution >= 0.6 is 0 Å². The SMILES string of the molecule is O=S(=O)(Nc1ccc(N2CCOCC2)cc1)c1ccc2c(c1)CCC2. The first-order valence-electron chi connectivity index (χ1n) is 8.69. The molecule has 6 heteroatoms. The molecule has 0 spiro atoms. The van der Waals surface area contributed by atoms with E-state index >= 15 is 0 Å². The molecule has 5 nitrogen and oxygen atoms in total. The van der Waals surface area contributed by atoms with Gasteiger partial charge in [-0.3, -0.25) is 4.72 Å². The molecule has 2 aromatic rings. The summed E-state index contributed by atoms with van der Waals surface area (Å²) in [7, 11) is -3.56. The molecule has 4 rings (SSSR count). The summed E-state index contributed by atoms with van der Waals surface area (Å²) in [5.74, 6) is 0. The van der Waals surface area contributed by atoms with E-state index in [-0.39, 0.29) is 0 Å². The second kappa shape index (κ2) is 6.69. The molecule has 1 saturated heterocycles. The molecule has 0 atom stereocenters. The van der Waals surface area contributed by atoms with Gasteiger partial charge in [0, 0.05) is 24.5 Å². The van der Waals surface area contributed by atoms with Gasteiger partial charge in [0.2, 0.25) is 0 Å². The fourth-order valence-corrected chi connectivity index (χ4v) is 4.60. The van der Waals surface area contributed by atoms with Crippen molar-refractivity contribution in [1.29, 1.82) is 0 Å². The fourth-order valence-electron chi connectivity index (χ4n) is 3.49. The molecule has 0 saturated carbocycles. The predicted molar refractivity (Wildman–Crippen MR) is 98.7 cm³/mol. The Hall–Kier alpha value is -2.05. The summed E-state index contributed by atoms with van der Waals surface area (Å²) in [6.45, 7) is 3.18. The van der Waals surface area contributed by atoms with Crippen LogP contribution in [-0.2, 0) is 27.6 Å². The highest BCUT2D eigenvalue weighted by Gasteiger charge is 2.19. The first-order valence-corrected chi connectivity index (χ1v) is 10.2. The van der Waals surface area contributed by atoms with Gasteiger partial charge >= 0.3 is 0 Å². The van der Waals surface area contributed by atoms with Crippen LogP contribution in [0.3, 0.4) is 0 Å². The predicted octanol–water partition coefficient (Wildman–Crippen LogP) is 2.81. The molecule has 1 fully saturated rings. The average molecular weight is 358 g/mol. The first kappa shape index (κ1) is 16.4. The Morgan fingerprint density at radius 3 is 2.40 bits per heavy atom. The Morgan fingerprint density at radius 2 is 1.64 bits per heavy atom. The number of hydrogen-bond acceptors (Lipinski definition) is 4. The van der Waals surface area contributed by atoms with E-state index in [0.29, 0.717) is 10.6 Å². The molecule has 25 heavy (non-hydrogen) atoms. The molecular weight excluding hydrogens is 336 g/mol. The first-order chi connectivity index (χ1) is 12.1. The van der Waals surface area contributed by atoms with Gasteiger partial charge in [-0.15, -0.1) is 0 Å². The van der Waals surface area contributed by atoms with Crippen LogP contribution in [-0.4, -0.2) is 34.7 Å². The van der Waals surface area contributed by atoms with Crippen molar-refractivity contribution in [2.45, 2.75) is 24.2 Å². The zero-order valence-corrected chi connectivity index (χ0v) is 14.9. The highest BCUT2D eigenvalue weighted by molar-refractivity contribution is 7.92. The second-order valence-corrected chi connectivity index (χ2v) is 8.22. The molecule has 2 aromatic carbocycles. The normalized spacial score (nSPS) is 17.4. The molecule has 1 heterocycles. The summed E-state index contributed by atoms with van der Waals surface area (Å²) in [6.07, 6.45) is 3.12. The van der Waals surface area contributed by atoms with Crippen LogP contribution in [0, 0.1) is 0 Å². The van der Waals surface area contributed by atoms with Crippen molar-refractivity contribution in [2.75, 3.05) is 35.9 Å². The second-order valence-electron chi connectivity index (χ2n) is 6.54. The van der Waals surface area contributed by atoms with Crippen LogP contribution in [0.15, 0.2) is 47.4 Å². The summed E-state index contributed by atoms with van der Waals surface area (Å²) in [4.78, 5) is 2.58. The van der Waals surface area contributed by atoms with Crippen LogP contribution < -0.4 is 9.62 Å². The van der Waals surface area contributed by atoms with Crippen molar-refractivity contribution >= 4 is 21.4 Å². The van der Waals surface area contributed by atoms with Gasteiger partial charge in [0.1, 0.15) is 0 Å². The molecule has 2 aliphatic rings. The van der Waals surface area contributed by atoms with E-state index < -0.39 is 10.0 Å². The summed E-state index contributed by atoms with van der Waals surface area (Å²) in [5.41, 5.74) is 4.10. The lowest BCUT2D eigenvalue weighted by Crippen LogP contribution is -2.36. The minimum absolute atomic E-state index is 0.338. The molecule has 0 aromatic heterocycles. The lowest BCUT2D eigenvalue weighted by atomic mass is 10.1. The number of sulfonamides is 1. The lowest BCUT2D eigenvalue weighted by Gasteiger charge is -2.28. The van der Waals surface area contributed by atoms with Crippen LogP contribution in [0.1, 0.15) is 17.5 Å². The van der Waals surface area contributed by atoms with Gasteiger partial charge in [0.15, 0.2) is 0 Å². The van der Waals surface area contributed by atoms with Crippen LogP contribution in [0.4, 0.5) is 11.4 Å². The van der Waals surface area contributed by atoms with Crippen molar-refractivity contribution in [2.24, 2.45) is 0 Å². The minimum Gasteiger partial charge on any atom is -0.378 e. The number of rotatable bonds is 4. The van der Waals surface area contributed by atoms with E-state index in [4.69, 9.17) is 4.74 Å². The molecule has 0 unspecified atom stereocenters. The maximum Gasteiger partial charge on any atom is 0.261 e. The molecule has 0 amide bonds. The summed E-state index contributed by atoms with van der Waals surface area (Å²) >= 11 is 0. The van der Waals surface area contributed by atoms with Crippen LogP contribution in [0.25, 0.3) is 0 Å². The highest BCUT2D eigenvalue weighted by Crippen LogP contribution is 2.26. The van der Waals surface area contributed by atoms with Crippen LogP contribution in [0.2, 0.25) is 0 Å². The Morgan fingerprint density at radius 1 is 0.920 bits per heavy atom. The van der Waals surface area contributed by atoms with Gasteiger partial charge < -0.3 is 9.64 Å². The Balaban J connectivity index is 1.50. The third-order valence-corrected chi connectivity index (χ3v) is 6.25. The Labute approximate surface area is 148 Å². The third kappa shape index (κ3) is 3.50. The average Bonchev–Trinajstić information content (AvgIpc) is 3.10.